The zero-order valence-corrected chi connectivity index (χ0v) is 14.4. The van der Waals surface area contributed by atoms with Crippen LogP contribution in [0.2, 0.25) is 0 Å². The van der Waals surface area contributed by atoms with Crippen molar-refractivity contribution < 1.29 is 4.74 Å². The van der Waals surface area contributed by atoms with Crippen molar-refractivity contribution in [3.63, 3.8) is 0 Å². The van der Waals surface area contributed by atoms with Gasteiger partial charge in [-0.25, -0.2) is 9.67 Å². The lowest BCUT2D eigenvalue weighted by Crippen LogP contribution is -2.12. The highest BCUT2D eigenvalue weighted by molar-refractivity contribution is 5.15. The molecule has 0 aliphatic heterocycles. The van der Waals surface area contributed by atoms with Gasteiger partial charge in [-0.05, 0) is 25.5 Å². The molecule has 0 N–H and O–H groups in total. The van der Waals surface area contributed by atoms with Crippen molar-refractivity contribution in [1.82, 2.24) is 24.5 Å². The highest BCUT2D eigenvalue weighted by Gasteiger charge is 2.13. The monoisotopic (exact) mass is 325 g/mol. The fraction of sp³-hybridized carbons (Fsp3) is 0.389. The summed E-state index contributed by atoms with van der Waals surface area (Å²) >= 11 is 0. The minimum atomic E-state index is 0.618. The molecule has 0 aliphatic carbocycles. The normalized spacial score (nSPS) is 11.1. The van der Waals surface area contributed by atoms with Crippen LogP contribution in [0.1, 0.15) is 28.6 Å². The summed E-state index contributed by atoms with van der Waals surface area (Å²) in [6, 6.07) is 12.4. The number of hydrogen-bond donors (Lipinski definition) is 0. The summed E-state index contributed by atoms with van der Waals surface area (Å²) in [6.45, 7) is 6.00. The van der Waals surface area contributed by atoms with Crippen molar-refractivity contribution in [2.24, 2.45) is 0 Å². The Morgan fingerprint density at radius 3 is 2.46 bits per heavy atom. The van der Waals surface area contributed by atoms with Crippen LogP contribution in [0.25, 0.3) is 0 Å². The largest absolute Gasteiger partial charge is 0.384 e. The minimum absolute atomic E-state index is 0.618. The van der Waals surface area contributed by atoms with Gasteiger partial charge in [0.25, 0.3) is 0 Å². The summed E-state index contributed by atoms with van der Waals surface area (Å²) in [6.07, 6.45) is 0.711. The number of benzene rings is 1. The van der Waals surface area contributed by atoms with E-state index in [-0.39, 0.29) is 0 Å². The van der Waals surface area contributed by atoms with Crippen molar-refractivity contribution in [1.29, 1.82) is 0 Å². The van der Waals surface area contributed by atoms with Crippen molar-refractivity contribution in [2.75, 3.05) is 13.7 Å². The number of hydrogen-bond acceptors (Lipinski definition) is 4. The molecule has 0 bridgehead atoms. The van der Waals surface area contributed by atoms with Gasteiger partial charge in [0.05, 0.1) is 18.8 Å². The predicted molar refractivity (Wildman–Crippen MR) is 91.9 cm³/mol. The van der Waals surface area contributed by atoms with Crippen molar-refractivity contribution in [2.45, 2.75) is 33.4 Å². The molecule has 1 aromatic carbocycles. The van der Waals surface area contributed by atoms with Gasteiger partial charge in [-0.2, -0.15) is 10.2 Å². The molecule has 3 rings (SSSR count). The van der Waals surface area contributed by atoms with Crippen LogP contribution >= 0.6 is 0 Å². The molecule has 0 amide bonds. The van der Waals surface area contributed by atoms with E-state index < -0.39 is 0 Å². The minimum Gasteiger partial charge on any atom is -0.384 e. The van der Waals surface area contributed by atoms with Crippen LogP contribution in [0.3, 0.4) is 0 Å². The van der Waals surface area contributed by atoms with Gasteiger partial charge in [0.15, 0.2) is 5.82 Å². The van der Waals surface area contributed by atoms with Crippen LogP contribution in [0.5, 0.6) is 0 Å². The average molecular weight is 325 g/mol. The summed E-state index contributed by atoms with van der Waals surface area (Å²) in [5.74, 6) is 1.72. The lowest BCUT2D eigenvalue weighted by Gasteiger charge is -2.07. The van der Waals surface area contributed by atoms with Crippen LogP contribution in [0.4, 0.5) is 0 Å². The highest BCUT2D eigenvalue weighted by Crippen LogP contribution is 2.10. The maximum Gasteiger partial charge on any atom is 0.153 e. The molecule has 24 heavy (non-hydrogen) atoms. The number of aryl methyl sites for hydroxylation is 2. The van der Waals surface area contributed by atoms with Gasteiger partial charge < -0.3 is 4.74 Å². The van der Waals surface area contributed by atoms with E-state index in [0.29, 0.717) is 26.1 Å². The fourth-order valence-corrected chi connectivity index (χ4v) is 2.69. The second-order valence-corrected chi connectivity index (χ2v) is 5.92. The summed E-state index contributed by atoms with van der Waals surface area (Å²) < 4.78 is 9.09. The van der Waals surface area contributed by atoms with E-state index in [4.69, 9.17) is 9.72 Å². The first-order valence-corrected chi connectivity index (χ1v) is 8.12. The van der Waals surface area contributed by atoms with Crippen molar-refractivity contribution >= 4 is 0 Å². The molecule has 2 heterocycles. The predicted octanol–water partition coefficient (Wildman–Crippen LogP) is 2.38. The first-order valence-electron chi connectivity index (χ1n) is 8.12. The molecule has 2 aromatic heterocycles. The van der Waals surface area contributed by atoms with Gasteiger partial charge in [-0.15, -0.1) is 0 Å². The first-order chi connectivity index (χ1) is 11.7. The molecule has 0 spiro atoms. The van der Waals surface area contributed by atoms with Gasteiger partial charge in [-0.3, -0.25) is 4.68 Å². The van der Waals surface area contributed by atoms with E-state index in [2.05, 4.69) is 35.3 Å². The van der Waals surface area contributed by atoms with Gasteiger partial charge in [-0.1, -0.05) is 30.3 Å². The molecule has 126 valence electrons. The zero-order valence-electron chi connectivity index (χ0n) is 14.4. The smallest absolute Gasteiger partial charge is 0.153 e. The lowest BCUT2D eigenvalue weighted by molar-refractivity contribution is 0.200. The third-order valence-electron chi connectivity index (χ3n) is 3.89. The average Bonchev–Trinajstić information content (AvgIpc) is 3.09. The van der Waals surface area contributed by atoms with Crippen LogP contribution in [0.15, 0.2) is 36.4 Å². The molecule has 0 atom stereocenters. The van der Waals surface area contributed by atoms with Crippen LogP contribution < -0.4 is 0 Å². The standard InChI is InChI=1S/C18H23N5O/c1-14-11-15(2)22(20-14)13-18-19-17(9-10-24-3)21-23(18)12-16-7-5-4-6-8-16/h4-8,11H,9-10,12-13H2,1-3H3. The molecular weight excluding hydrogens is 302 g/mol. The zero-order chi connectivity index (χ0) is 16.9. The Hall–Kier alpha value is -2.47. The van der Waals surface area contributed by atoms with Crippen LogP contribution in [0, 0.1) is 13.8 Å². The molecule has 3 aromatic rings. The molecule has 0 saturated heterocycles. The van der Waals surface area contributed by atoms with Gasteiger partial charge >= 0.3 is 0 Å². The van der Waals surface area contributed by atoms with Crippen LogP contribution in [-0.4, -0.2) is 38.3 Å². The van der Waals surface area contributed by atoms with Crippen molar-refractivity contribution in [3.05, 3.63) is 65.0 Å². The number of ether oxygens (including phenoxy) is 1. The van der Waals surface area contributed by atoms with Gasteiger partial charge in [0.2, 0.25) is 0 Å². The molecule has 0 radical (unpaired) electrons. The molecule has 0 aliphatic rings. The van der Waals surface area contributed by atoms with Gasteiger partial charge in [0, 0.05) is 19.2 Å². The summed E-state index contributed by atoms with van der Waals surface area (Å²) in [5, 5.41) is 9.20. The number of methoxy groups -OCH3 is 1. The lowest BCUT2D eigenvalue weighted by atomic mass is 10.2. The molecule has 0 unspecified atom stereocenters. The third-order valence-corrected chi connectivity index (χ3v) is 3.89. The Kier molecular flexibility index (Phi) is 5.05. The highest BCUT2D eigenvalue weighted by atomic mass is 16.5. The Morgan fingerprint density at radius 2 is 1.79 bits per heavy atom. The molecule has 0 saturated carbocycles. The first kappa shape index (κ1) is 16.4. The Balaban J connectivity index is 1.87. The van der Waals surface area contributed by atoms with E-state index in [1.807, 2.05) is 34.5 Å². The van der Waals surface area contributed by atoms with E-state index >= 15 is 0 Å². The van der Waals surface area contributed by atoms with Crippen LogP contribution in [-0.2, 0) is 24.2 Å². The number of aromatic nitrogens is 5. The Bertz CT molecular complexity index is 791. The van der Waals surface area contributed by atoms with Gasteiger partial charge in [0.1, 0.15) is 12.4 Å². The Labute approximate surface area is 142 Å². The number of nitrogens with zero attached hydrogens (tertiary/aromatic N) is 5. The quantitative estimate of drug-likeness (QED) is 0.669. The second kappa shape index (κ2) is 7.40. The van der Waals surface area contributed by atoms with E-state index in [9.17, 15) is 0 Å². The second-order valence-electron chi connectivity index (χ2n) is 5.92. The summed E-state index contributed by atoms with van der Waals surface area (Å²) in [4.78, 5) is 4.70. The summed E-state index contributed by atoms with van der Waals surface area (Å²) in [5.41, 5.74) is 3.34. The summed E-state index contributed by atoms with van der Waals surface area (Å²) in [7, 11) is 1.69. The molecule has 6 nitrogen and oxygen atoms in total. The Morgan fingerprint density at radius 1 is 1.00 bits per heavy atom. The molecule has 0 fully saturated rings. The SMILES string of the molecule is COCCc1nc(Cn2nc(C)cc2C)n(Cc2ccccc2)n1. The van der Waals surface area contributed by atoms with E-state index in [1.165, 1.54) is 5.56 Å². The number of rotatable bonds is 7. The maximum atomic E-state index is 5.15. The fourth-order valence-electron chi connectivity index (χ4n) is 2.69. The van der Waals surface area contributed by atoms with E-state index in [0.717, 1.165) is 23.0 Å². The topological polar surface area (TPSA) is 57.8 Å². The maximum absolute atomic E-state index is 5.15. The van der Waals surface area contributed by atoms with E-state index in [1.54, 1.807) is 7.11 Å². The molecule has 6 heteroatoms. The third kappa shape index (κ3) is 3.89. The van der Waals surface area contributed by atoms with Crippen molar-refractivity contribution in [3.8, 4) is 0 Å². The molecular formula is C18H23N5O.